The van der Waals surface area contributed by atoms with Crippen LogP contribution in [0.4, 0.5) is 34.1 Å². The Labute approximate surface area is 497 Å². The quantitative estimate of drug-likeness (QED) is 0.101. The summed E-state index contributed by atoms with van der Waals surface area (Å²) >= 11 is 0. The minimum atomic E-state index is -2.18. The van der Waals surface area contributed by atoms with Gasteiger partial charge in [0.15, 0.2) is 11.2 Å². The van der Waals surface area contributed by atoms with Crippen molar-refractivity contribution >= 4 is 126 Å². The van der Waals surface area contributed by atoms with Gasteiger partial charge in [0, 0.05) is 49.0 Å². The highest BCUT2D eigenvalue weighted by molar-refractivity contribution is 7.00. The SMILES string of the molecule is C[Si](C)(C)C1([Si](C)(C)C)c2c(ccc3cc(-c4cccc(N(c5ccccc5)c5cccc6c5oc5ccccc56)c4)ccc23)-c2c1c1ccc(-c3cccc(N(c4ccccc4)c4cccc5c4oc4ccccc45)c3)cc1c1ccccc21. The van der Waals surface area contributed by atoms with Crippen LogP contribution in [-0.2, 0) is 4.66 Å². The summed E-state index contributed by atoms with van der Waals surface area (Å²) in [5.41, 5.74) is 20.4. The van der Waals surface area contributed by atoms with Crippen molar-refractivity contribution in [3.05, 3.63) is 278 Å². The van der Waals surface area contributed by atoms with Crippen molar-refractivity contribution in [3.8, 4) is 33.4 Å². The molecule has 0 saturated heterocycles. The van der Waals surface area contributed by atoms with Crippen molar-refractivity contribution in [2.75, 3.05) is 9.80 Å². The number of benzene rings is 13. The summed E-state index contributed by atoms with van der Waals surface area (Å²) in [4.78, 5) is 4.69. The van der Waals surface area contributed by atoms with Gasteiger partial charge in [0.2, 0.25) is 0 Å². The second-order valence-corrected chi connectivity index (χ2v) is 36.2. The first-order chi connectivity index (χ1) is 41.4. The molecule has 6 heteroatoms. The van der Waals surface area contributed by atoms with Crippen LogP contribution >= 0.6 is 0 Å². The lowest BCUT2D eigenvalue weighted by atomic mass is 9.89. The van der Waals surface area contributed by atoms with Crippen LogP contribution in [0.3, 0.4) is 0 Å². The third kappa shape index (κ3) is 7.71. The van der Waals surface area contributed by atoms with Crippen LogP contribution in [0.1, 0.15) is 11.1 Å². The third-order valence-electron chi connectivity index (χ3n) is 18.5. The fraction of sp³-hybridized carbons (Fsp3) is 0.0886. The molecule has 0 N–H and O–H groups in total. The van der Waals surface area contributed by atoms with Gasteiger partial charge in [-0.3, -0.25) is 0 Å². The Bertz CT molecular complexity index is 5170. The maximum Gasteiger partial charge on any atom is 0.159 e. The zero-order chi connectivity index (χ0) is 57.3. The van der Waals surface area contributed by atoms with E-state index < -0.39 is 16.1 Å². The van der Waals surface area contributed by atoms with Gasteiger partial charge < -0.3 is 18.6 Å². The lowest BCUT2D eigenvalue weighted by Gasteiger charge is -2.52. The second-order valence-electron chi connectivity index (χ2n) is 25.2. The van der Waals surface area contributed by atoms with Gasteiger partial charge in [-0.2, -0.15) is 0 Å². The Hall–Kier alpha value is -9.73. The van der Waals surface area contributed by atoms with Gasteiger partial charge >= 0.3 is 0 Å². The number of para-hydroxylation sites is 6. The van der Waals surface area contributed by atoms with Crippen LogP contribution in [0, 0.1) is 0 Å². The van der Waals surface area contributed by atoms with Crippen molar-refractivity contribution in [2.45, 2.75) is 43.9 Å². The van der Waals surface area contributed by atoms with Gasteiger partial charge in [-0.15, -0.1) is 0 Å². The molecule has 0 aliphatic heterocycles. The first kappa shape index (κ1) is 51.0. The summed E-state index contributed by atoms with van der Waals surface area (Å²) in [6, 6.07) is 98.0. The van der Waals surface area contributed by atoms with Crippen LogP contribution in [0.5, 0.6) is 0 Å². The van der Waals surface area contributed by atoms with Gasteiger partial charge in [0.05, 0.1) is 27.5 Å². The molecule has 0 bridgehead atoms. The van der Waals surface area contributed by atoms with Crippen LogP contribution in [0.2, 0.25) is 39.3 Å². The molecule has 0 atom stereocenters. The lowest BCUT2D eigenvalue weighted by Crippen LogP contribution is -2.63. The highest BCUT2D eigenvalue weighted by atomic mass is 28.4. The molecule has 0 fully saturated rings. The third-order valence-corrected chi connectivity index (χ3v) is 28.5. The number of nitrogens with zero attached hydrogens (tertiary/aromatic N) is 2. The monoisotopic (exact) mass is 1130 g/mol. The normalized spacial score (nSPS) is 13.2. The van der Waals surface area contributed by atoms with E-state index >= 15 is 0 Å². The Balaban J connectivity index is 0.845. The molecular weight excluding hydrogens is 1070 g/mol. The van der Waals surface area contributed by atoms with Gasteiger partial charge in [-0.25, -0.2) is 0 Å². The minimum absolute atomic E-state index is 0.142. The topological polar surface area (TPSA) is 32.8 Å². The van der Waals surface area contributed by atoms with Crippen molar-refractivity contribution in [1.82, 2.24) is 0 Å². The van der Waals surface area contributed by atoms with Crippen molar-refractivity contribution in [3.63, 3.8) is 0 Å². The van der Waals surface area contributed by atoms with E-state index in [2.05, 4.69) is 304 Å². The van der Waals surface area contributed by atoms with E-state index in [1.54, 1.807) is 11.1 Å². The first-order valence-corrected chi connectivity index (χ1v) is 36.7. The zero-order valence-electron chi connectivity index (χ0n) is 48.6. The average Bonchev–Trinajstić information content (AvgIpc) is 1.59. The Morgan fingerprint density at radius 2 is 0.729 bits per heavy atom. The lowest BCUT2D eigenvalue weighted by molar-refractivity contribution is 0.668. The summed E-state index contributed by atoms with van der Waals surface area (Å²) < 4.78 is 13.2. The predicted octanol–water partition coefficient (Wildman–Crippen LogP) is 23.2. The summed E-state index contributed by atoms with van der Waals surface area (Å²) in [7, 11) is -4.37. The predicted molar refractivity (Wildman–Crippen MR) is 367 cm³/mol. The maximum absolute atomic E-state index is 6.70. The van der Waals surface area contributed by atoms with Crippen LogP contribution in [-0.4, -0.2) is 16.1 Å². The summed E-state index contributed by atoms with van der Waals surface area (Å²) in [5, 5.41) is 12.4. The van der Waals surface area contributed by atoms with Crippen molar-refractivity contribution in [1.29, 1.82) is 0 Å². The molecule has 0 saturated carbocycles. The van der Waals surface area contributed by atoms with Gasteiger partial charge in [0.1, 0.15) is 11.2 Å². The van der Waals surface area contributed by atoms with Crippen LogP contribution in [0.25, 0.3) is 110 Å². The van der Waals surface area contributed by atoms with E-state index in [9.17, 15) is 0 Å². The number of fused-ring (bicyclic) bond motifs is 16. The number of anilines is 6. The Kier molecular flexibility index (Phi) is 11.5. The second kappa shape index (κ2) is 19.2. The molecule has 1 aliphatic carbocycles. The highest BCUT2D eigenvalue weighted by Gasteiger charge is 2.60. The molecule has 16 rings (SSSR count). The van der Waals surface area contributed by atoms with Crippen LogP contribution < -0.4 is 9.80 Å². The molecule has 2 heterocycles. The molecule has 408 valence electrons. The largest absolute Gasteiger partial charge is 0.454 e. The number of hydrogen-bond donors (Lipinski definition) is 0. The van der Waals surface area contributed by atoms with E-state index in [4.69, 9.17) is 8.83 Å². The van der Waals surface area contributed by atoms with E-state index in [1.807, 2.05) is 12.1 Å². The van der Waals surface area contributed by atoms with E-state index in [0.717, 1.165) is 89.1 Å². The summed E-state index contributed by atoms with van der Waals surface area (Å²) in [5.74, 6) is 0. The molecule has 0 amide bonds. The van der Waals surface area contributed by atoms with E-state index in [-0.39, 0.29) is 4.66 Å². The Morgan fingerprint density at radius 1 is 0.294 bits per heavy atom. The number of rotatable bonds is 10. The minimum Gasteiger partial charge on any atom is -0.454 e. The van der Waals surface area contributed by atoms with Crippen molar-refractivity contribution < 1.29 is 8.83 Å². The molecule has 13 aromatic carbocycles. The smallest absolute Gasteiger partial charge is 0.159 e. The Morgan fingerprint density at radius 3 is 1.27 bits per heavy atom. The number of hydrogen-bond acceptors (Lipinski definition) is 4. The molecule has 1 aliphatic rings. The highest BCUT2D eigenvalue weighted by Crippen LogP contribution is 2.63. The molecule has 85 heavy (non-hydrogen) atoms. The number of furan rings is 2. The average molecular weight is 1130 g/mol. The van der Waals surface area contributed by atoms with Crippen LogP contribution in [0.15, 0.2) is 276 Å². The molecule has 15 aromatic rings. The van der Waals surface area contributed by atoms with Gasteiger partial charge in [-0.05, 0) is 162 Å². The molecule has 0 unspecified atom stereocenters. The van der Waals surface area contributed by atoms with Gasteiger partial charge in [-0.1, -0.05) is 221 Å². The standard InChI is InChI=1S/C79H62N2O2Si2/c1-84(2,3)79(85(4,5)6)75-60-44-41-53(51-23-19-29-58(48-51)80(56-25-9-7-10-26-56)70-37-21-35-66-62-32-15-17-39-72(62)82-77(66)70)47-55(60)43-46-68(75)74-64-34-14-13-31-61(64)69-50-54(42-45-65(69)76(74)79)52-24-20-30-59(49-52)81(57-27-11-8-12-28-57)71-38-22-36-67-63-33-16-18-40-73(63)83-78(67)71/h7-50H,1-6H3. The maximum atomic E-state index is 6.70. The fourth-order valence-corrected chi connectivity index (χ4v) is 28.4. The summed E-state index contributed by atoms with van der Waals surface area (Å²) in [6.45, 7) is 15.9. The molecule has 2 aromatic heterocycles. The molecule has 0 radical (unpaired) electrons. The van der Waals surface area contributed by atoms with Gasteiger partial charge in [0.25, 0.3) is 0 Å². The molecular formula is C79H62N2O2Si2. The summed E-state index contributed by atoms with van der Waals surface area (Å²) in [6.07, 6.45) is 0. The van der Waals surface area contributed by atoms with E-state index in [0.29, 0.717) is 0 Å². The fourth-order valence-electron chi connectivity index (χ4n) is 15.4. The molecule has 4 nitrogen and oxygen atoms in total. The van der Waals surface area contributed by atoms with Crippen molar-refractivity contribution in [2.24, 2.45) is 0 Å². The van der Waals surface area contributed by atoms with E-state index in [1.165, 1.54) is 54.6 Å². The molecule has 0 spiro atoms. The first-order valence-electron chi connectivity index (χ1n) is 29.7. The zero-order valence-corrected chi connectivity index (χ0v) is 50.6.